The van der Waals surface area contributed by atoms with E-state index >= 15 is 0 Å². The van der Waals surface area contributed by atoms with E-state index in [-0.39, 0.29) is 25.1 Å². The number of nitrogens with one attached hydrogen (secondary N) is 1. The zero-order valence-electron chi connectivity index (χ0n) is 12.8. The number of halogens is 1. The maximum Gasteiger partial charge on any atom is 0.146 e. The smallest absolute Gasteiger partial charge is 0.146 e. The zero-order chi connectivity index (χ0) is 15.1. The van der Waals surface area contributed by atoms with E-state index in [9.17, 15) is 9.50 Å². The quantitative estimate of drug-likeness (QED) is 0.768. The van der Waals surface area contributed by atoms with Crippen LogP contribution in [0.5, 0.6) is 0 Å². The lowest BCUT2D eigenvalue weighted by Gasteiger charge is -2.18. The molecule has 0 aliphatic rings. The first kappa shape index (κ1) is 16.9. The number of aliphatic hydroxyl groups is 1. The number of ether oxygens (including phenoxy) is 1. The van der Waals surface area contributed by atoms with Crippen LogP contribution < -0.4 is 5.32 Å². The Morgan fingerprint density at radius 3 is 2.60 bits per heavy atom. The Morgan fingerprint density at radius 1 is 1.30 bits per heavy atom. The first-order valence-corrected chi connectivity index (χ1v) is 7.18. The van der Waals surface area contributed by atoms with Crippen molar-refractivity contribution >= 4 is 5.69 Å². The van der Waals surface area contributed by atoms with Gasteiger partial charge in [0.15, 0.2) is 0 Å². The largest absolute Gasteiger partial charge is 0.389 e. The molecule has 0 fully saturated rings. The molecule has 4 heteroatoms. The first-order valence-electron chi connectivity index (χ1n) is 7.18. The van der Waals surface area contributed by atoms with Gasteiger partial charge in [0.2, 0.25) is 0 Å². The van der Waals surface area contributed by atoms with Crippen molar-refractivity contribution in [2.75, 3.05) is 18.5 Å². The van der Waals surface area contributed by atoms with E-state index in [1.165, 1.54) is 6.07 Å². The molecule has 0 saturated carbocycles. The van der Waals surface area contributed by atoms with Gasteiger partial charge in [0.1, 0.15) is 5.82 Å². The lowest BCUT2D eigenvalue weighted by Crippen LogP contribution is -2.27. The minimum atomic E-state index is -0.648. The summed E-state index contributed by atoms with van der Waals surface area (Å²) in [5, 5.41) is 12.7. The number of anilines is 1. The first-order chi connectivity index (χ1) is 9.38. The van der Waals surface area contributed by atoms with Gasteiger partial charge in [-0.05, 0) is 43.9 Å². The molecule has 0 amide bonds. The Kier molecular flexibility index (Phi) is 6.96. The molecule has 114 valence electrons. The minimum absolute atomic E-state index is 0.126. The van der Waals surface area contributed by atoms with Crippen molar-refractivity contribution in [3.63, 3.8) is 0 Å². The van der Waals surface area contributed by atoms with Crippen LogP contribution in [0.2, 0.25) is 0 Å². The van der Waals surface area contributed by atoms with E-state index in [4.69, 9.17) is 4.74 Å². The Labute approximate surface area is 121 Å². The van der Waals surface area contributed by atoms with Crippen LogP contribution in [0.4, 0.5) is 10.1 Å². The molecular formula is C16H26FNO2. The predicted molar refractivity (Wildman–Crippen MR) is 80.5 cm³/mol. The monoisotopic (exact) mass is 283 g/mol. The fourth-order valence-electron chi connectivity index (χ4n) is 2.06. The molecule has 1 aromatic carbocycles. The number of hydrogen-bond acceptors (Lipinski definition) is 3. The number of aryl methyl sites for hydroxylation is 1. The Bertz CT molecular complexity index is 409. The highest BCUT2D eigenvalue weighted by Crippen LogP contribution is 2.15. The summed E-state index contributed by atoms with van der Waals surface area (Å²) >= 11 is 0. The topological polar surface area (TPSA) is 41.5 Å². The van der Waals surface area contributed by atoms with Crippen LogP contribution in [0.3, 0.4) is 0 Å². The SMILES string of the molecule is Cc1ccc(NCC(O)COC(C)CC(C)C)c(F)c1. The summed E-state index contributed by atoms with van der Waals surface area (Å²) < 4.78 is 19.2. The molecule has 3 nitrogen and oxygen atoms in total. The summed E-state index contributed by atoms with van der Waals surface area (Å²) in [5.41, 5.74) is 1.28. The van der Waals surface area contributed by atoms with E-state index in [2.05, 4.69) is 19.2 Å². The fourth-order valence-corrected chi connectivity index (χ4v) is 2.06. The fraction of sp³-hybridized carbons (Fsp3) is 0.625. The summed E-state index contributed by atoms with van der Waals surface area (Å²) in [7, 11) is 0. The van der Waals surface area contributed by atoms with Crippen LogP contribution >= 0.6 is 0 Å². The average Bonchev–Trinajstić information content (AvgIpc) is 2.34. The minimum Gasteiger partial charge on any atom is -0.389 e. The maximum absolute atomic E-state index is 13.6. The van der Waals surface area contributed by atoms with Gasteiger partial charge < -0.3 is 15.2 Å². The second-order valence-electron chi connectivity index (χ2n) is 5.79. The van der Waals surface area contributed by atoms with Gasteiger partial charge in [-0.25, -0.2) is 4.39 Å². The van der Waals surface area contributed by atoms with Crippen LogP contribution in [0.25, 0.3) is 0 Å². The Hall–Kier alpha value is -1.13. The zero-order valence-corrected chi connectivity index (χ0v) is 12.8. The van der Waals surface area contributed by atoms with Crippen molar-refractivity contribution in [3.8, 4) is 0 Å². The molecule has 20 heavy (non-hydrogen) atoms. The van der Waals surface area contributed by atoms with Crippen molar-refractivity contribution in [2.24, 2.45) is 5.92 Å². The molecule has 0 aliphatic carbocycles. The summed E-state index contributed by atoms with van der Waals surface area (Å²) in [5.74, 6) is 0.271. The van der Waals surface area contributed by atoms with Crippen LogP contribution in [-0.2, 0) is 4.74 Å². The molecule has 2 N–H and O–H groups in total. The van der Waals surface area contributed by atoms with Gasteiger partial charge in [0.25, 0.3) is 0 Å². The highest BCUT2D eigenvalue weighted by molar-refractivity contribution is 5.46. The molecular weight excluding hydrogens is 257 g/mol. The van der Waals surface area contributed by atoms with Gasteiger partial charge >= 0.3 is 0 Å². The number of hydrogen-bond donors (Lipinski definition) is 2. The summed E-state index contributed by atoms with van der Waals surface area (Å²) in [6.07, 6.45) is 0.443. The summed E-state index contributed by atoms with van der Waals surface area (Å²) in [6, 6.07) is 4.98. The molecule has 1 rings (SSSR count). The van der Waals surface area contributed by atoms with Crippen LogP contribution in [0.1, 0.15) is 32.8 Å². The van der Waals surface area contributed by atoms with Crippen molar-refractivity contribution in [1.29, 1.82) is 0 Å². The second kappa shape index (κ2) is 8.22. The van der Waals surface area contributed by atoms with Crippen molar-refractivity contribution < 1.29 is 14.2 Å². The Balaban J connectivity index is 2.30. The normalized spacial score (nSPS) is 14.3. The number of rotatable bonds is 8. The molecule has 0 bridgehead atoms. The van der Waals surface area contributed by atoms with Gasteiger partial charge in [0, 0.05) is 6.54 Å². The van der Waals surface area contributed by atoms with Gasteiger partial charge in [-0.2, -0.15) is 0 Å². The second-order valence-corrected chi connectivity index (χ2v) is 5.79. The molecule has 2 atom stereocenters. The third kappa shape index (κ3) is 6.35. The van der Waals surface area contributed by atoms with Crippen LogP contribution in [0, 0.1) is 18.7 Å². The third-order valence-electron chi connectivity index (χ3n) is 3.03. The molecule has 0 radical (unpaired) electrons. The molecule has 0 heterocycles. The van der Waals surface area contributed by atoms with Crippen LogP contribution in [0.15, 0.2) is 18.2 Å². The van der Waals surface area contributed by atoms with E-state index in [1.807, 2.05) is 19.9 Å². The van der Waals surface area contributed by atoms with E-state index in [1.54, 1.807) is 6.07 Å². The van der Waals surface area contributed by atoms with Gasteiger partial charge in [-0.15, -0.1) is 0 Å². The number of benzene rings is 1. The lowest BCUT2D eigenvalue weighted by atomic mass is 10.1. The summed E-state index contributed by atoms with van der Waals surface area (Å²) in [4.78, 5) is 0. The van der Waals surface area contributed by atoms with Crippen molar-refractivity contribution in [3.05, 3.63) is 29.6 Å². The third-order valence-corrected chi connectivity index (χ3v) is 3.03. The molecule has 0 saturated heterocycles. The van der Waals surface area contributed by atoms with Gasteiger partial charge in [0.05, 0.1) is 24.5 Å². The lowest BCUT2D eigenvalue weighted by molar-refractivity contribution is -0.00445. The van der Waals surface area contributed by atoms with Gasteiger partial charge in [-0.3, -0.25) is 0 Å². The average molecular weight is 283 g/mol. The van der Waals surface area contributed by atoms with E-state index in [0.717, 1.165) is 12.0 Å². The van der Waals surface area contributed by atoms with Crippen LogP contribution in [-0.4, -0.2) is 30.5 Å². The standard InChI is InChI=1S/C16H26FNO2/c1-11(2)7-13(4)20-10-14(19)9-18-16-6-5-12(3)8-15(16)17/h5-6,8,11,13-14,18-19H,7,9-10H2,1-4H3. The predicted octanol–water partition coefficient (Wildman–Crippen LogP) is 3.36. The summed E-state index contributed by atoms with van der Waals surface area (Å²) in [6.45, 7) is 8.64. The molecule has 0 aromatic heterocycles. The van der Waals surface area contributed by atoms with E-state index < -0.39 is 6.10 Å². The van der Waals surface area contributed by atoms with E-state index in [0.29, 0.717) is 11.6 Å². The molecule has 2 unspecified atom stereocenters. The number of aliphatic hydroxyl groups excluding tert-OH is 1. The maximum atomic E-state index is 13.6. The van der Waals surface area contributed by atoms with Crippen molar-refractivity contribution in [1.82, 2.24) is 0 Å². The molecule has 0 aliphatic heterocycles. The highest BCUT2D eigenvalue weighted by atomic mass is 19.1. The molecule has 0 spiro atoms. The van der Waals surface area contributed by atoms with Crippen molar-refractivity contribution in [2.45, 2.75) is 46.3 Å². The van der Waals surface area contributed by atoms with Gasteiger partial charge in [-0.1, -0.05) is 19.9 Å². The molecule has 1 aromatic rings. The Morgan fingerprint density at radius 2 is 2.00 bits per heavy atom. The highest BCUT2D eigenvalue weighted by Gasteiger charge is 2.10.